The van der Waals surface area contributed by atoms with Crippen LogP contribution in [0.25, 0.3) is 5.65 Å². The van der Waals surface area contributed by atoms with Gasteiger partial charge in [0.05, 0.1) is 30.0 Å². The third kappa shape index (κ3) is 3.68. The van der Waals surface area contributed by atoms with Gasteiger partial charge in [-0.05, 0) is 19.1 Å². The zero-order valence-corrected chi connectivity index (χ0v) is 16.1. The number of nitrogens with one attached hydrogen (secondary N) is 1. The van der Waals surface area contributed by atoms with Gasteiger partial charge in [0.1, 0.15) is 0 Å². The lowest BCUT2D eigenvalue weighted by molar-refractivity contribution is 0.0602. The fourth-order valence-corrected chi connectivity index (χ4v) is 3.50. The molecule has 10 nitrogen and oxygen atoms in total. The van der Waals surface area contributed by atoms with E-state index in [1.54, 1.807) is 6.92 Å². The molecule has 2 heterocycles. The van der Waals surface area contributed by atoms with Gasteiger partial charge >= 0.3 is 12.0 Å². The predicted molar refractivity (Wildman–Crippen MR) is 95.5 cm³/mol. The number of aromatic nitrogens is 4. The minimum absolute atomic E-state index is 0.0436. The first-order valence-electron chi connectivity index (χ1n) is 7.72. The van der Waals surface area contributed by atoms with Gasteiger partial charge in [-0.1, -0.05) is 17.7 Å². The molecule has 13 heteroatoms. The molecule has 0 fully saturated rings. The molecule has 0 spiro atoms. The standard InChI is InChI=1S/C15H13ClFN5O5S/c1-3-27-15-18-10(17)7-11-19-14(20-22(11)15)28(24,25)21-12-8(13(23)26-2)5-4-6-9(12)16/h4-7,21H,3H2,1-2H3/i4+2,5+2,6+2,8+2,9+2,10+2,11+2,12+2. The van der Waals surface area contributed by atoms with E-state index < -0.39 is 27.1 Å². The van der Waals surface area contributed by atoms with Crippen LogP contribution in [0.3, 0.4) is 0 Å². The van der Waals surface area contributed by atoms with Gasteiger partial charge in [-0.3, -0.25) is 4.72 Å². The number of sulfonamides is 1. The number of carbonyl (C=O) groups is 1. The number of ether oxygens (including phenoxy) is 2. The molecule has 0 radical (unpaired) electrons. The smallest absolute Gasteiger partial charge is 0.340 e. The highest BCUT2D eigenvalue weighted by Crippen LogP contribution is 2.29. The summed E-state index contributed by atoms with van der Waals surface area (Å²) in [6, 6.07) is 4.80. The molecule has 1 aromatic carbocycles. The number of halogens is 2. The first-order valence-corrected chi connectivity index (χ1v) is 9.58. The highest BCUT2D eigenvalue weighted by atomic mass is 35.5. The molecule has 0 aliphatic heterocycles. The first kappa shape index (κ1) is 19.8. The van der Waals surface area contributed by atoms with Crippen molar-refractivity contribution in [1.29, 1.82) is 0 Å². The van der Waals surface area contributed by atoms with E-state index >= 15 is 0 Å². The summed E-state index contributed by atoms with van der Waals surface area (Å²) in [6.07, 6.45) is 0. The molecule has 0 saturated carbocycles. The Balaban J connectivity index is 2.08. The highest BCUT2D eigenvalue weighted by Gasteiger charge is 2.26. The van der Waals surface area contributed by atoms with Gasteiger partial charge in [-0.25, -0.2) is 4.79 Å². The number of methoxy groups -OCH3 is 1. The van der Waals surface area contributed by atoms with Crippen molar-refractivity contribution < 1.29 is 27.1 Å². The second-order valence-corrected chi connectivity index (χ2v) is 7.20. The Labute approximate surface area is 163 Å². The van der Waals surface area contributed by atoms with Crippen molar-refractivity contribution in [1.82, 2.24) is 19.6 Å². The number of benzene rings is 1. The van der Waals surface area contributed by atoms with E-state index in [4.69, 9.17) is 16.3 Å². The van der Waals surface area contributed by atoms with Crippen LogP contribution in [0.4, 0.5) is 10.1 Å². The maximum atomic E-state index is 13.6. The summed E-state index contributed by atoms with van der Waals surface area (Å²) >= 11 is 6.03. The van der Waals surface area contributed by atoms with Crippen LogP contribution in [-0.4, -0.2) is 47.7 Å². The lowest BCUT2D eigenvalue weighted by atomic mass is 10.9. The summed E-state index contributed by atoms with van der Waals surface area (Å²) < 4.78 is 51.9. The third-order valence-electron chi connectivity index (χ3n) is 3.41. The average Bonchev–Trinajstić information content (AvgIpc) is 3.08. The Kier molecular flexibility index (Phi) is 5.34. The fraction of sp³-hybridized carbons (Fsp3) is 0.200. The van der Waals surface area contributed by atoms with Crippen molar-refractivity contribution in [3.8, 4) is 6.01 Å². The van der Waals surface area contributed by atoms with Crippen molar-refractivity contribution in [2.24, 2.45) is 0 Å². The molecule has 0 aliphatic carbocycles. The molecule has 2 aromatic heterocycles. The largest absolute Gasteiger partial charge is 0.465 e. The second-order valence-electron chi connectivity index (χ2n) is 5.22. The molecule has 0 bridgehead atoms. The Hall–Kier alpha value is -2.99. The lowest BCUT2D eigenvalue weighted by Crippen LogP contribution is -2.18. The quantitative estimate of drug-likeness (QED) is 0.450. The lowest BCUT2D eigenvalue weighted by Gasteiger charge is -2.11. The van der Waals surface area contributed by atoms with Gasteiger partial charge < -0.3 is 9.47 Å². The molecular weight excluding hydrogens is 433 g/mol. The molecule has 1 N–H and O–H groups in total. The van der Waals surface area contributed by atoms with E-state index in [9.17, 15) is 17.6 Å². The van der Waals surface area contributed by atoms with Crippen LogP contribution in [0, 0.1) is 5.95 Å². The number of rotatable bonds is 6. The van der Waals surface area contributed by atoms with Crippen LogP contribution in [0.2, 0.25) is 5.02 Å². The van der Waals surface area contributed by atoms with Crippen LogP contribution < -0.4 is 9.46 Å². The summed E-state index contributed by atoms with van der Waals surface area (Å²) in [4.78, 5) is 19.2. The van der Waals surface area contributed by atoms with E-state index in [1.807, 2.05) is 0 Å². The predicted octanol–water partition coefficient (Wildman–Crippen LogP) is 1.90. The summed E-state index contributed by atoms with van der Waals surface area (Å²) in [5.74, 6) is -1.72. The fourth-order valence-electron chi connectivity index (χ4n) is 2.24. The Morgan fingerprint density at radius 2 is 2.18 bits per heavy atom. The van der Waals surface area contributed by atoms with E-state index in [-0.39, 0.29) is 34.5 Å². The van der Waals surface area contributed by atoms with E-state index in [0.717, 1.165) is 17.7 Å². The van der Waals surface area contributed by atoms with Crippen molar-refractivity contribution in [2.75, 3.05) is 18.4 Å². The highest BCUT2D eigenvalue weighted by molar-refractivity contribution is 7.92. The summed E-state index contributed by atoms with van der Waals surface area (Å²) in [5, 5.41) is 3.07. The number of para-hydroxylation sites is 1. The van der Waals surface area contributed by atoms with Crippen LogP contribution >= 0.6 is 11.6 Å². The molecule has 0 atom stereocenters. The number of hydrogen-bond donors (Lipinski definition) is 1. The van der Waals surface area contributed by atoms with E-state index in [2.05, 4.69) is 24.5 Å². The number of fused-ring (bicyclic) bond motifs is 1. The van der Waals surface area contributed by atoms with Gasteiger partial charge in [-0.15, -0.1) is 5.10 Å². The molecule has 148 valence electrons. The van der Waals surface area contributed by atoms with Crippen LogP contribution in [0.5, 0.6) is 6.01 Å². The van der Waals surface area contributed by atoms with E-state index in [1.165, 1.54) is 18.2 Å². The van der Waals surface area contributed by atoms with Crippen molar-refractivity contribution in [3.63, 3.8) is 0 Å². The van der Waals surface area contributed by atoms with Gasteiger partial charge in [0.2, 0.25) is 5.95 Å². The number of carbonyl (C=O) groups excluding carboxylic acids is 1. The van der Waals surface area contributed by atoms with Gasteiger partial charge in [0.15, 0.2) is 5.65 Å². The van der Waals surface area contributed by atoms with Gasteiger partial charge in [-0.2, -0.15) is 27.3 Å². The van der Waals surface area contributed by atoms with Crippen LogP contribution in [-0.2, 0) is 14.8 Å². The van der Waals surface area contributed by atoms with Gasteiger partial charge in [0, 0.05) is 6.07 Å². The SMILES string of the molecule is CCOc1n[14c](F)c[14c]2nc(S(=O)(=O)N[14c]3[14c](Cl)[14cH][14cH][14cH][14c]3C(=O)OC)nn12. The normalized spacial score (nSPS) is 11.4. The third-order valence-corrected chi connectivity index (χ3v) is 4.86. The number of nitrogens with zero attached hydrogens (tertiary/aromatic N) is 4. The number of hydrogen-bond acceptors (Lipinski definition) is 8. The minimum Gasteiger partial charge on any atom is -0.465 e. The topological polar surface area (TPSA) is 125 Å². The van der Waals surface area contributed by atoms with Crippen LogP contribution in [0.1, 0.15) is 17.3 Å². The average molecular weight is 446 g/mol. The Bertz CT molecular complexity index is 1170. The molecule has 0 aliphatic rings. The van der Waals surface area contributed by atoms with Crippen molar-refractivity contribution in [2.45, 2.75) is 12.1 Å². The van der Waals surface area contributed by atoms with Crippen LogP contribution in [0.15, 0.2) is 29.4 Å². The first-order chi connectivity index (χ1) is 13.3. The van der Waals surface area contributed by atoms with Crippen molar-refractivity contribution in [3.05, 3.63) is 40.8 Å². The molecule has 0 unspecified atom stereocenters. The summed E-state index contributed by atoms with van der Waals surface area (Å²) in [6.45, 7) is 1.79. The molecular formula is C15H13ClFN5O5S. The van der Waals surface area contributed by atoms with Gasteiger partial charge in [0.25, 0.3) is 15.2 Å². The van der Waals surface area contributed by atoms with Crippen molar-refractivity contribution >= 4 is 38.9 Å². The molecule has 3 rings (SSSR count). The second kappa shape index (κ2) is 7.56. The van der Waals surface area contributed by atoms with E-state index in [0.29, 0.717) is 0 Å². The molecule has 3 aromatic rings. The Morgan fingerprint density at radius 1 is 1.43 bits per heavy atom. The number of anilines is 1. The molecule has 0 saturated heterocycles. The molecule has 28 heavy (non-hydrogen) atoms. The maximum Gasteiger partial charge on any atom is 0.340 e. The zero-order valence-electron chi connectivity index (χ0n) is 14.5. The summed E-state index contributed by atoms with van der Waals surface area (Å²) in [5.41, 5.74) is -0.446. The maximum absolute atomic E-state index is 13.6. The molecule has 0 amide bonds. The Morgan fingerprint density at radius 3 is 2.86 bits per heavy atom. The zero-order chi connectivity index (χ0) is 20.5. The minimum atomic E-state index is -4.40. The monoisotopic (exact) mass is 445 g/mol. The number of esters is 1. The summed E-state index contributed by atoms with van der Waals surface area (Å²) in [7, 11) is -3.26.